The number of esters is 1. The van der Waals surface area contributed by atoms with Gasteiger partial charge in [0.05, 0.1) is 26.3 Å². The van der Waals surface area contributed by atoms with Crippen LogP contribution in [0.25, 0.3) is 0 Å². The molecule has 6 heteroatoms. The largest absolute Gasteiger partial charge is 0.497 e. The molecule has 1 N–H and O–H groups in total. The summed E-state index contributed by atoms with van der Waals surface area (Å²) in [5.74, 6) is -0.0691. The van der Waals surface area contributed by atoms with E-state index in [0.717, 1.165) is 5.56 Å². The number of amides is 1. The monoisotopic (exact) mass is 352 g/mol. The maximum atomic E-state index is 12.9. The third-order valence-electron chi connectivity index (χ3n) is 4.21. The normalized spacial score (nSPS) is 13.8. The molecule has 0 aromatic heterocycles. The molecule has 0 radical (unpaired) electrons. The second kappa shape index (κ2) is 7.74. The van der Waals surface area contributed by atoms with Gasteiger partial charge in [-0.05, 0) is 29.8 Å². The first-order chi connectivity index (χ1) is 12.6. The highest BCUT2D eigenvalue weighted by Gasteiger charge is 2.35. The summed E-state index contributed by atoms with van der Waals surface area (Å²) in [6, 6.07) is 16.8. The van der Waals surface area contributed by atoms with Crippen LogP contribution in [0.2, 0.25) is 0 Å². The van der Waals surface area contributed by atoms with Gasteiger partial charge in [-0.25, -0.2) is 4.79 Å². The Labute approximate surface area is 152 Å². The topological polar surface area (TPSA) is 67.9 Å². The fraction of sp³-hybridized carbons (Fsp3) is 0.200. The van der Waals surface area contributed by atoms with Gasteiger partial charge in [-0.15, -0.1) is 0 Å². The minimum atomic E-state index is -0.509. The minimum Gasteiger partial charge on any atom is -0.497 e. The lowest BCUT2D eigenvalue weighted by Gasteiger charge is -2.17. The Kier molecular flexibility index (Phi) is 5.22. The molecule has 1 amide bonds. The first-order valence-corrected chi connectivity index (χ1v) is 8.19. The molecule has 0 unspecified atom stereocenters. The van der Waals surface area contributed by atoms with Gasteiger partial charge in [0.25, 0.3) is 5.91 Å². The van der Waals surface area contributed by atoms with E-state index >= 15 is 0 Å². The van der Waals surface area contributed by atoms with Gasteiger partial charge >= 0.3 is 5.97 Å². The summed E-state index contributed by atoms with van der Waals surface area (Å²) < 4.78 is 9.99. The van der Waals surface area contributed by atoms with Crippen molar-refractivity contribution < 1.29 is 19.1 Å². The third kappa shape index (κ3) is 3.54. The van der Waals surface area contributed by atoms with Gasteiger partial charge in [0.1, 0.15) is 11.4 Å². The quantitative estimate of drug-likeness (QED) is 0.808. The van der Waals surface area contributed by atoms with Crippen molar-refractivity contribution in [1.82, 2.24) is 5.32 Å². The van der Waals surface area contributed by atoms with Crippen molar-refractivity contribution in [2.45, 2.75) is 6.54 Å². The van der Waals surface area contributed by atoms with E-state index in [1.54, 1.807) is 36.3 Å². The molecule has 6 nitrogen and oxygen atoms in total. The molecule has 2 aromatic carbocycles. The molecule has 0 atom stereocenters. The maximum Gasteiger partial charge on any atom is 0.337 e. The van der Waals surface area contributed by atoms with Crippen LogP contribution in [-0.2, 0) is 20.9 Å². The second-order valence-electron chi connectivity index (χ2n) is 5.77. The highest BCUT2D eigenvalue weighted by molar-refractivity contribution is 6.14. The van der Waals surface area contributed by atoms with Crippen molar-refractivity contribution in [2.75, 3.05) is 25.7 Å². The highest BCUT2D eigenvalue weighted by Crippen LogP contribution is 2.27. The molecule has 0 spiro atoms. The second-order valence-corrected chi connectivity index (χ2v) is 5.77. The van der Waals surface area contributed by atoms with Crippen LogP contribution in [0.15, 0.2) is 65.9 Å². The maximum absolute atomic E-state index is 12.9. The van der Waals surface area contributed by atoms with Gasteiger partial charge in [-0.2, -0.15) is 0 Å². The zero-order chi connectivity index (χ0) is 18.5. The van der Waals surface area contributed by atoms with Crippen LogP contribution in [0.3, 0.4) is 0 Å². The lowest BCUT2D eigenvalue weighted by molar-refractivity contribution is -0.136. The van der Waals surface area contributed by atoms with Crippen LogP contribution >= 0.6 is 0 Å². The van der Waals surface area contributed by atoms with Crippen molar-refractivity contribution in [1.29, 1.82) is 0 Å². The number of nitrogens with zero attached hydrogens (tertiary/aromatic N) is 1. The zero-order valence-electron chi connectivity index (χ0n) is 14.7. The van der Waals surface area contributed by atoms with Gasteiger partial charge in [0, 0.05) is 12.2 Å². The molecule has 2 aromatic rings. The average Bonchev–Trinajstić information content (AvgIpc) is 3.03. The van der Waals surface area contributed by atoms with Gasteiger partial charge in [-0.1, -0.05) is 30.3 Å². The number of ether oxygens (including phenoxy) is 2. The molecule has 0 fully saturated rings. The number of methoxy groups -OCH3 is 2. The van der Waals surface area contributed by atoms with Gasteiger partial charge < -0.3 is 19.7 Å². The standard InChI is InChI=1S/C20H20N2O4/c1-25-16-10-8-15(9-11-16)22-13-17(20(24)26-2)18(19(22)23)21-12-14-6-4-3-5-7-14/h3-11,21H,12-13H2,1-2H3. The fourth-order valence-corrected chi connectivity index (χ4v) is 2.80. The number of hydrogen-bond donors (Lipinski definition) is 1. The lowest BCUT2D eigenvalue weighted by atomic mass is 10.2. The van der Waals surface area contributed by atoms with E-state index in [9.17, 15) is 9.59 Å². The molecular weight excluding hydrogens is 332 g/mol. The third-order valence-corrected chi connectivity index (χ3v) is 4.21. The summed E-state index contributed by atoms with van der Waals surface area (Å²) in [5.41, 5.74) is 2.30. The smallest absolute Gasteiger partial charge is 0.337 e. The van der Waals surface area contributed by atoms with Crippen LogP contribution in [0.4, 0.5) is 5.69 Å². The molecule has 1 heterocycles. The SMILES string of the molecule is COC(=O)C1=C(NCc2ccccc2)C(=O)N(c2ccc(OC)cc2)C1. The Morgan fingerprint density at radius 1 is 1.08 bits per heavy atom. The number of benzene rings is 2. The summed E-state index contributed by atoms with van der Waals surface area (Å²) in [6.45, 7) is 0.605. The van der Waals surface area contributed by atoms with E-state index in [1.807, 2.05) is 30.3 Å². The van der Waals surface area contributed by atoms with E-state index in [4.69, 9.17) is 9.47 Å². The average molecular weight is 352 g/mol. The number of hydrogen-bond acceptors (Lipinski definition) is 5. The minimum absolute atomic E-state index is 0.162. The van der Waals surface area contributed by atoms with Crippen molar-refractivity contribution in [2.24, 2.45) is 0 Å². The number of anilines is 1. The number of carbonyl (C=O) groups is 2. The molecular formula is C20H20N2O4. The highest BCUT2D eigenvalue weighted by atomic mass is 16.5. The molecule has 1 aliphatic rings. The van der Waals surface area contributed by atoms with Crippen molar-refractivity contribution in [3.05, 3.63) is 71.4 Å². The molecule has 1 aliphatic heterocycles. The Bertz CT molecular complexity index is 829. The van der Waals surface area contributed by atoms with Gasteiger partial charge in [0.15, 0.2) is 0 Å². The molecule has 0 aliphatic carbocycles. The van der Waals surface area contributed by atoms with E-state index in [2.05, 4.69) is 5.32 Å². The molecule has 0 bridgehead atoms. The Morgan fingerprint density at radius 3 is 2.38 bits per heavy atom. The summed E-state index contributed by atoms with van der Waals surface area (Å²) in [4.78, 5) is 26.6. The predicted molar refractivity (Wildman–Crippen MR) is 97.7 cm³/mol. The fourth-order valence-electron chi connectivity index (χ4n) is 2.80. The first-order valence-electron chi connectivity index (χ1n) is 8.19. The molecule has 0 saturated carbocycles. The first kappa shape index (κ1) is 17.5. The molecule has 134 valence electrons. The van der Waals surface area contributed by atoms with Crippen LogP contribution in [0.5, 0.6) is 5.75 Å². The van der Waals surface area contributed by atoms with Gasteiger partial charge in [0.2, 0.25) is 0 Å². The van der Waals surface area contributed by atoms with Crippen LogP contribution < -0.4 is 15.0 Å². The summed E-state index contributed by atoms with van der Waals surface area (Å²) in [7, 11) is 2.89. The summed E-state index contributed by atoms with van der Waals surface area (Å²) in [6.07, 6.45) is 0. The molecule has 0 saturated heterocycles. The van der Waals surface area contributed by atoms with E-state index in [0.29, 0.717) is 23.6 Å². The van der Waals surface area contributed by atoms with Crippen LogP contribution in [-0.4, -0.2) is 32.6 Å². The van der Waals surface area contributed by atoms with Crippen LogP contribution in [0.1, 0.15) is 5.56 Å². The predicted octanol–water partition coefficient (Wildman–Crippen LogP) is 2.26. The number of carbonyl (C=O) groups excluding carboxylic acids is 2. The number of nitrogens with one attached hydrogen (secondary N) is 1. The Hall–Kier alpha value is -3.28. The molecule has 3 rings (SSSR count). The van der Waals surface area contributed by atoms with Gasteiger partial charge in [-0.3, -0.25) is 4.79 Å². The van der Waals surface area contributed by atoms with E-state index in [1.165, 1.54) is 7.11 Å². The lowest BCUT2D eigenvalue weighted by Crippen LogP contribution is -2.30. The summed E-state index contributed by atoms with van der Waals surface area (Å²) in [5, 5.41) is 3.10. The zero-order valence-corrected chi connectivity index (χ0v) is 14.7. The van der Waals surface area contributed by atoms with Crippen molar-refractivity contribution in [3.63, 3.8) is 0 Å². The van der Waals surface area contributed by atoms with Crippen LogP contribution in [0, 0.1) is 0 Å². The van der Waals surface area contributed by atoms with E-state index in [-0.39, 0.29) is 18.1 Å². The van der Waals surface area contributed by atoms with E-state index < -0.39 is 5.97 Å². The number of rotatable bonds is 6. The Balaban J connectivity index is 1.83. The van der Waals surface area contributed by atoms with Crippen molar-refractivity contribution >= 4 is 17.6 Å². The molecule has 26 heavy (non-hydrogen) atoms. The Morgan fingerprint density at radius 2 is 1.77 bits per heavy atom. The summed E-state index contributed by atoms with van der Waals surface area (Å²) >= 11 is 0. The van der Waals surface area contributed by atoms with Crippen molar-refractivity contribution in [3.8, 4) is 5.75 Å².